The van der Waals surface area contributed by atoms with Gasteiger partial charge in [-0.15, -0.1) is 0 Å². The Morgan fingerprint density at radius 2 is 1.59 bits per heavy atom. The molecule has 0 aliphatic heterocycles. The van der Waals surface area contributed by atoms with Gasteiger partial charge in [-0.2, -0.15) is 0 Å². The topological polar surface area (TPSA) is 20.2 Å². The lowest BCUT2D eigenvalue weighted by Crippen LogP contribution is -1.99. The maximum Gasteiger partial charge on any atom is 0.104 e. The van der Waals surface area contributed by atoms with Gasteiger partial charge in [-0.25, -0.2) is 0 Å². The molecule has 2 aromatic rings. The van der Waals surface area contributed by atoms with E-state index in [9.17, 15) is 5.11 Å². The van der Waals surface area contributed by atoms with Crippen molar-refractivity contribution in [1.29, 1.82) is 0 Å². The van der Waals surface area contributed by atoms with Crippen molar-refractivity contribution in [2.75, 3.05) is 0 Å². The fraction of sp³-hybridized carbons (Fsp3) is 0.0667. The molecule has 0 fully saturated rings. The minimum absolute atomic E-state index is 0.662. The highest BCUT2D eigenvalue weighted by Gasteiger charge is 2.12. The third-order valence-electron chi connectivity index (χ3n) is 2.66. The van der Waals surface area contributed by atoms with Crippen molar-refractivity contribution in [2.24, 2.45) is 0 Å². The summed E-state index contributed by atoms with van der Waals surface area (Å²) in [4.78, 5) is 0. The molecule has 1 N–H and O–H groups in total. The Hall–Kier alpha value is -1.38. The number of hydrogen-bond acceptors (Lipinski definition) is 1. The summed E-state index contributed by atoms with van der Waals surface area (Å²) in [6.07, 6.45) is -0.662. The van der Waals surface area contributed by atoms with Gasteiger partial charge in [0.25, 0.3) is 0 Å². The number of halogens is 1. The van der Waals surface area contributed by atoms with E-state index in [-0.39, 0.29) is 0 Å². The molecule has 0 radical (unpaired) electrons. The summed E-state index contributed by atoms with van der Waals surface area (Å²) in [5.41, 5.74) is 2.53. The van der Waals surface area contributed by atoms with Crippen LogP contribution in [0.25, 0.3) is 5.57 Å². The Balaban J connectivity index is 2.23. The summed E-state index contributed by atoms with van der Waals surface area (Å²) < 4.78 is 0.999. The first kappa shape index (κ1) is 12.1. The molecule has 0 aliphatic carbocycles. The molecule has 0 saturated heterocycles. The highest BCUT2D eigenvalue weighted by Crippen LogP contribution is 2.28. The van der Waals surface area contributed by atoms with E-state index in [1.807, 2.05) is 54.6 Å². The summed E-state index contributed by atoms with van der Waals surface area (Å²) in [6, 6.07) is 17.3. The lowest BCUT2D eigenvalue weighted by molar-refractivity contribution is 0.238. The molecule has 0 aliphatic rings. The molecule has 0 amide bonds. The van der Waals surface area contributed by atoms with Crippen LogP contribution >= 0.6 is 15.9 Å². The Bertz CT molecular complexity index is 502. The molecule has 0 saturated carbocycles. The largest absolute Gasteiger partial charge is 0.384 e. The fourth-order valence-corrected chi connectivity index (χ4v) is 1.92. The monoisotopic (exact) mass is 288 g/mol. The van der Waals surface area contributed by atoms with Crippen molar-refractivity contribution in [1.82, 2.24) is 0 Å². The van der Waals surface area contributed by atoms with Crippen LogP contribution in [0.2, 0.25) is 0 Å². The van der Waals surface area contributed by atoms with Gasteiger partial charge in [-0.1, -0.05) is 65.0 Å². The minimum atomic E-state index is -0.662. The summed E-state index contributed by atoms with van der Waals surface area (Å²) in [5, 5.41) is 10.2. The maximum absolute atomic E-state index is 10.2. The van der Waals surface area contributed by atoms with Crippen LogP contribution in [0, 0.1) is 0 Å². The molecule has 2 rings (SSSR count). The highest BCUT2D eigenvalue weighted by molar-refractivity contribution is 9.10. The van der Waals surface area contributed by atoms with Gasteiger partial charge < -0.3 is 5.11 Å². The van der Waals surface area contributed by atoms with Crippen LogP contribution in [0.4, 0.5) is 0 Å². The fourth-order valence-electron chi connectivity index (χ4n) is 1.66. The number of aliphatic hydroxyl groups is 1. The first-order valence-corrected chi connectivity index (χ1v) is 6.15. The molecule has 0 bridgehead atoms. The van der Waals surface area contributed by atoms with Crippen LogP contribution in [0.15, 0.2) is 65.6 Å². The summed E-state index contributed by atoms with van der Waals surface area (Å²) in [5.74, 6) is 0. The molecule has 1 unspecified atom stereocenters. The summed E-state index contributed by atoms with van der Waals surface area (Å²) >= 11 is 3.37. The van der Waals surface area contributed by atoms with Crippen molar-refractivity contribution in [2.45, 2.75) is 6.10 Å². The normalized spacial score (nSPS) is 12.1. The van der Waals surface area contributed by atoms with Gasteiger partial charge in [0.1, 0.15) is 6.10 Å². The maximum atomic E-state index is 10.2. The van der Waals surface area contributed by atoms with Gasteiger partial charge in [0.15, 0.2) is 0 Å². The first-order chi connectivity index (χ1) is 8.18. The van der Waals surface area contributed by atoms with Crippen LogP contribution in [0.5, 0.6) is 0 Å². The van der Waals surface area contributed by atoms with Gasteiger partial charge in [0.05, 0.1) is 0 Å². The molecule has 2 aromatic carbocycles. The quantitative estimate of drug-likeness (QED) is 0.898. The third kappa shape index (κ3) is 2.84. The van der Waals surface area contributed by atoms with E-state index in [0.29, 0.717) is 5.57 Å². The second-order valence-corrected chi connectivity index (χ2v) is 4.76. The molecule has 0 spiro atoms. The molecule has 2 heteroatoms. The van der Waals surface area contributed by atoms with Crippen molar-refractivity contribution >= 4 is 21.5 Å². The van der Waals surface area contributed by atoms with Gasteiger partial charge in [-0.05, 0) is 28.8 Å². The lowest BCUT2D eigenvalue weighted by atomic mass is 9.97. The Morgan fingerprint density at radius 3 is 2.18 bits per heavy atom. The highest BCUT2D eigenvalue weighted by atomic mass is 79.9. The Morgan fingerprint density at radius 1 is 1.00 bits per heavy atom. The molecule has 0 heterocycles. The molecule has 1 atom stereocenters. The van der Waals surface area contributed by atoms with Crippen LogP contribution in [-0.2, 0) is 0 Å². The summed E-state index contributed by atoms with van der Waals surface area (Å²) in [7, 11) is 0. The van der Waals surface area contributed by atoms with Crippen LogP contribution in [0.3, 0.4) is 0 Å². The second-order valence-electron chi connectivity index (χ2n) is 3.85. The molecule has 1 nitrogen and oxygen atoms in total. The number of aliphatic hydroxyl groups excluding tert-OH is 1. The van der Waals surface area contributed by atoms with E-state index in [1.54, 1.807) is 0 Å². The zero-order valence-electron chi connectivity index (χ0n) is 9.31. The average Bonchev–Trinajstić information content (AvgIpc) is 2.39. The van der Waals surface area contributed by atoms with E-state index >= 15 is 0 Å². The zero-order valence-corrected chi connectivity index (χ0v) is 10.9. The van der Waals surface area contributed by atoms with Crippen molar-refractivity contribution in [3.8, 4) is 0 Å². The zero-order chi connectivity index (χ0) is 12.3. The molecule has 86 valence electrons. The van der Waals surface area contributed by atoms with Crippen LogP contribution < -0.4 is 0 Å². The molecular weight excluding hydrogens is 276 g/mol. The SMILES string of the molecule is C=C(c1ccccc1)C(O)c1ccc(Br)cc1. The van der Waals surface area contributed by atoms with Gasteiger partial charge >= 0.3 is 0 Å². The minimum Gasteiger partial charge on any atom is -0.384 e. The van der Waals surface area contributed by atoms with E-state index < -0.39 is 6.10 Å². The van der Waals surface area contributed by atoms with Gasteiger partial charge in [0.2, 0.25) is 0 Å². The van der Waals surface area contributed by atoms with Crippen molar-refractivity contribution in [3.63, 3.8) is 0 Å². The first-order valence-electron chi connectivity index (χ1n) is 5.36. The van der Waals surface area contributed by atoms with Crippen molar-refractivity contribution < 1.29 is 5.11 Å². The van der Waals surface area contributed by atoms with E-state index in [0.717, 1.165) is 15.6 Å². The van der Waals surface area contributed by atoms with Crippen LogP contribution in [0.1, 0.15) is 17.2 Å². The van der Waals surface area contributed by atoms with E-state index in [1.165, 1.54) is 0 Å². The molecule has 0 aromatic heterocycles. The van der Waals surface area contributed by atoms with Crippen molar-refractivity contribution in [3.05, 3.63) is 76.8 Å². The van der Waals surface area contributed by atoms with Gasteiger partial charge in [0, 0.05) is 4.47 Å². The predicted molar refractivity (Wildman–Crippen MR) is 74.6 cm³/mol. The summed E-state index contributed by atoms with van der Waals surface area (Å²) in [6.45, 7) is 3.96. The lowest BCUT2D eigenvalue weighted by Gasteiger charge is -2.14. The van der Waals surface area contributed by atoms with Gasteiger partial charge in [-0.3, -0.25) is 0 Å². The molecular formula is C15H13BrO. The third-order valence-corrected chi connectivity index (χ3v) is 3.19. The number of rotatable bonds is 3. The second kappa shape index (κ2) is 5.30. The van der Waals surface area contributed by atoms with E-state index in [4.69, 9.17) is 0 Å². The Labute approximate surface area is 110 Å². The predicted octanol–water partition coefficient (Wildman–Crippen LogP) is 4.20. The number of hydrogen-bond donors (Lipinski definition) is 1. The number of benzene rings is 2. The smallest absolute Gasteiger partial charge is 0.104 e. The average molecular weight is 289 g/mol. The standard InChI is InChI=1S/C15H13BrO/c1-11(12-5-3-2-4-6-12)15(17)13-7-9-14(16)10-8-13/h2-10,15,17H,1H2. The Kier molecular flexibility index (Phi) is 3.77. The molecule has 17 heavy (non-hydrogen) atoms. The van der Waals surface area contributed by atoms with Crippen LogP contribution in [-0.4, -0.2) is 5.11 Å². The van der Waals surface area contributed by atoms with E-state index in [2.05, 4.69) is 22.5 Å².